The van der Waals surface area contributed by atoms with Gasteiger partial charge in [0.25, 0.3) is 0 Å². The number of pyridine rings is 1. The molecule has 2 fully saturated rings. The van der Waals surface area contributed by atoms with E-state index >= 15 is 0 Å². The van der Waals surface area contributed by atoms with E-state index < -0.39 is 0 Å². The van der Waals surface area contributed by atoms with E-state index in [0.717, 1.165) is 42.5 Å². The van der Waals surface area contributed by atoms with Gasteiger partial charge in [0.2, 0.25) is 0 Å². The molecule has 4 rings (SSSR count). The number of rotatable bonds is 3. The molecule has 1 saturated heterocycles. The molecule has 2 atom stereocenters. The number of ether oxygens (including phenoxy) is 1. The lowest BCUT2D eigenvalue weighted by Gasteiger charge is -2.29. The minimum absolute atomic E-state index is 0.0815. The summed E-state index contributed by atoms with van der Waals surface area (Å²) in [5.41, 5.74) is 1.93. The summed E-state index contributed by atoms with van der Waals surface area (Å²) in [6.45, 7) is 2.07. The first-order valence-electron chi connectivity index (χ1n) is 8.23. The Balaban J connectivity index is 1.70. The average molecular weight is 331 g/mol. The van der Waals surface area contributed by atoms with Crippen molar-refractivity contribution in [2.75, 3.05) is 0 Å². The summed E-state index contributed by atoms with van der Waals surface area (Å²) in [4.78, 5) is 8.92. The maximum absolute atomic E-state index is 8.89. The Morgan fingerprint density at radius 2 is 2.13 bits per heavy atom. The van der Waals surface area contributed by atoms with E-state index in [1.165, 1.54) is 0 Å². The Morgan fingerprint density at radius 3 is 2.78 bits per heavy atom. The number of hydrogen-bond acceptors (Lipinski definition) is 4. The van der Waals surface area contributed by atoms with Crippen molar-refractivity contribution in [3.05, 3.63) is 23.2 Å². The van der Waals surface area contributed by atoms with E-state index in [0.29, 0.717) is 23.5 Å². The van der Waals surface area contributed by atoms with Crippen LogP contribution in [0.25, 0.3) is 11.0 Å². The molecule has 0 N–H and O–H groups in total. The fourth-order valence-corrected chi connectivity index (χ4v) is 3.92. The van der Waals surface area contributed by atoms with Gasteiger partial charge in [-0.1, -0.05) is 11.6 Å². The summed E-state index contributed by atoms with van der Waals surface area (Å²) in [7, 11) is 0. The molecule has 1 aliphatic carbocycles. The molecule has 2 aromatic heterocycles. The quantitative estimate of drug-likeness (QED) is 0.625. The first-order chi connectivity index (χ1) is 11.2. The Hall–Kier alpha value is -1.64. The Bertz CT molecular complexity index is 773. The maximum atomic E-state index is 8.89. The number of nitrogens with zero attached hydrogens (tertiary/aromatic N) is 4. The normalized spacial score (nSPS) is 30.3. The standard InChI is InChI=1S/C17H19ClN4O/c1-10-16(23-10)17-21-13-9-20-15(18)8-14(13)22(17)12-4-2-11(3-5-12)6-7-19/h8-12,16H,2-6H2,1H3. The van der Waals surface area contributed by atoms with Gasteiger partial charge < -0.3 is 9.30 Å². The monoisotopic (exact) mass is 330 g/mol. The molecule has 23 heavy (non-hydrogen) atoms. The highest BCUT2D eigenvalue weighted by Crippen LogP contribution is 2.43. The lowest BCUT2D eigenvalue weighted by molar-refractivity contribution is 0.272. The molecule has 3 heterocycles. The summed E-state index contributed by atoms with van der Waals surface area (Å²) >= 11 is 6.11. The Labute approximate surface area is 140 Å². The van der Waals surface area contributed by atoms with Gasteiger partial charge in [0.15, 0.2) is 0 Å². The zero-order chi connectivity index (χ0) is 16.0. The van der Waals surface area contributed by atoms with Crippen molar-refractivity contribution in [2.45, 2.75) is 57.3 Å². The molecule has 0 bridgehead atoms. The third-order valence-electron chi connectivity index (χ3n) is 5.10. The number of aromatic nitrogens is 3. The van der Waals surface area contributed by atoms with Crippen molar-refractivity contribution in [3.63, 3.8) is 0 Å². The number of imidazole rings is 1. The summed E-state index contributed by atoms with van der Waals surface area (Å²) in [5, 5.41) is 9.38. The third-order valence-corrected chi connectivity index (χ3v) is 5.30. The van der Waals surface area contributed by atoms with Crippen LogP contribution < -0.4 is 0 Å². The van der Waals surface area contributed by atoms with Crippen LogP contribution in [0.3, 0.4) is 0 Å². The molecule has 6 heteroatoms. The van der Waals surface area contributed by atoms with Gasteiger partial charge in [-0.15, -0.1) is 0 Å². The maximum Gasteiger partial charge on any atom is 0.142 e. The highest BCUT2D eigenvalue weighted by atomic mass is 35.5. The minimum Gasteiger partial charge on any atom is -0.361 e. The van der Waals surface area contributed by atoms with Gasteiger partial charge in [-0.25, -0.2) is 9.97 Å². The molecule has 2 aliphatic rings. The van der Waals surface area contributed by atoms with Crippen LogP contribution in [0.2, 0.25) is 5.15 Å². The van der Waals surface area contributed by atoms with E-state index in [9.17, 15) is 0 Å². The number of fused-ring (bicyclic) bond motifs is 1. The van der Waals surface area contributed by atoms with E-state index in [1.807, 2.05) is 6.07 Å². The second-order valence-electron chi connectivity index (χ2n) is 6.63. The van der Waals surface area contributed by atoms with Crippen molar-refractivity contribution in [1.82, 2.24) is 14.5 Å². The number of hydrogen-bond donors (Lipinski definition) is 0. The largest absolute Gasteiger partial charge is 0.361 e. The molecule has 0 aromatic carbocycles. The first kappa shape index (κ1) is 14.9. The molecule has 120 valence electrons. The van der Waals surface area contributed by atoms with Crippen LogP contribution in [-0.4, -0.2) is 20.6 Å². The molecule has 0 spiro atoms. The van der Waals surface area contributed by atoms with Crippen LogP contribution in [0.5, 0.6) is 0 Å². The minimum atomic E-state index is 0.0815. The van der Waals surface area contributed by atoms with Gasteiger partial charge in [-0.2, -0.15) is 5.26 Å². The first-order valence-corrected chi connectivity index (χ1v) is 8.61. The number of nitriles is 1. The molecule has 2 aromatic rings. The fraction of sp³-hybridized carbons (Fsp3) is 0.588. The molecule has 1 aliphatic heterocycles. The van der Waals surface area contributed by atoms with Crippen LogP contribution >= 0.6 is 11.6 Å². The Morgan fingerprint density at radius 1 is 1.39 bits per heavy atom. The molecular weight excluding hydrogens is 312 g/mol. The van der Waals surface area contributed by atoms with Gasteiger partial charge in [0, 0.05) is 18.5 Å². The van der Waals surface area contributed by atoms with Crippen molar-refractivity contribution in [1.29, 1.82) is 5.26 Å². The van der Waals surface area contributed by atoms with Crippen molar-refractivity contribution >= 4 is 22.6 Å². The second-order valence-corrected chi connectivity index (χ2v) is 7.02. The van der Waals surface area contributed by atoms with Gasteiger partial charge in [-0.3, -0.25) is 0 Å². The van der Waals surface area contributed by atoms with Gasteiger partial charge in [0.05, 0.1) is 23.9 Å². The lowest BCUT2D eigenvalue weighted by atomic mass is 9.84. The molecule has 0 amide bonds. The SMILES string of the molecule is CC1OC1c1nc2cnc(Cl)cc2n1C1CCC(CC#N)CC1. The van der Waals surface area contributed by atoms with Crippen LogP contribution in [0.1, 0.15) is 57.0 Å². The van der Waals surface area contributed by atoms with Crippen LogP contribution in [0.4, 0.5) is 0 Å². The van der Waals surface area contributed by atoms with Gasteiger partial charge >= 0.3 is 0 Å². The van der Waals surface area contributed by atoms with E-state index in [4.69, 9.17) is 26.6 Å². The predicted octanol–water partition coefficient (Wildman–Crippen LogP) is 4.19. The molecule has 1 saturated carbocycles. The zero-order valence-corrected chi connectivity index (χ0v) is 13.8. The zero-order valence-electron chi connectivity index (χ0n) is 13.1. The number of epoxide rings is 1. The third kappa shape index (κ3) is 2.71. The van der Waals surface area contributed by atoms with E-state index in [-0.39, 0.29) is 12.2 Å². The average Bonchev–Trinajstić information content (AvgIpc) is 3.15. The van der Waals surface area contributed by atoms with Crippen molar-refractivity contribution < 1.29 is 4.74 Å². The smallest absolute Gasteiger partial charge is 0.142 e. The Kier molecular flexibility index (Phi) is 3.74. The summed E-state index contributed by atoms with van der Waals surface area (Å²) in [6.07, 6.45) is 7.06. The second kappa shape index (κ2) is 5.77. The molecule has 5 nitrogen and oxygen atoms in total. The lowest BCUT2D eigenvalue weighted by Crippen LogP contribution is -2.20. The fourth-order valence-electron chi connectivity index (χ4n) is 3.77. The van der Waals surface area contributed by atoms with E-state index in [1.54, 1.807) is 6.20 Å². The van der Waals surface area contributed by atoms with Crippen LogP contribution in [0.15, 0.2) is 12.3 Å². The summed E-state index contributed by atoms with van der Waals surface area (Å²) in [5.74, 6) is 1.54. The topological polar surface area (TPSA) is 67.0 Å². The van der Waals surface area contributed by atoms with Crippen LogP contribution in [0, 0.1) is 17.2 Å². The molecule has 0 radical (unpaired) electrons. The van der Waals surface area contributed by atoms with Crippen molar-refractivity contribution in [3.8, 4) is 6.07 Å². The van der Waals surface area contributed by atoms with Gasteiger partial charge in [0.1, 0.15) is 22.6 Å². The molecule has 2 unspecified atom stereocenters. The van der Waals surface area contributed by atoms with E-state index in [2.05, 4.69) is 22.5 Å². The highest BCUT2D eigenvalue weighted by Gasteiger charge is 2.41. The van der Waals surface area contributed by atoms with Crippen molar-refractivity contribution in [2.24, 2.45) is 5.92 Å². The van der Waals surface area contributed by atoms with Gasteiger partial charge in [-0.05, 0) is 38.5 Å². The summed E-state index contributed by atoms with van der Waals surface area (Å²) in [6, 6.07) is 4.61. The molecular formula is C17H19ClN4O. The highest BCUT2D eigenvalue weighted by molar-refractivity contribution is 6.29. The summed E-state index contributed by atoms with van der Waals surface area (Å²) < 4.78 is 7.99. The van der Waals surface area contributed by atoms with Crippen LogP contribution in [-0.2, 0) is 4.74 Å². The predicted molar refractivity (Wildman–Crippen MR) is 87.1 cm³/mol. The number of halogens is 1.